The van der Waals surface area contributed by atoms with E-state index in [4.69, 9.17) is 23.0 Å². The van der Waals surface area contributed by atoms with Crippen molar-refractivity contribution in [3.05, 3.63) is 11.9 Å². The molecule has 0 spiro atoms. The van der Waals surface area contributed by atoms with Gasteiger partial charge in [-0.2, -0.15) is 0 Å². The molecule has 96 valence electrons. The summed E-state index contributed by atoms with van der Waals surface area (Å²) in [4.78, 5) is 3.91. The van der Waals surface area contributed by atoms with Crippen LogP contribution < -0.4 is 23.0 Å². The molecule has 2 atom stereocenters. The van der Waals surface area contributed by atoms with Gasteiger partial charge in [0.15, 0.2) is 12.0 Å². The Morgan fingerprint density at radius 3 is 2.59 bits per heavy atom. The van der Waals surface area contributed by atoms with Crippen molar-refractivity contribution < 1.29 is 4.81 Å². The Kier molecular flexibility index (Phi) is 2.73. The van der Waals surface area contributed by atoms with Crippen molar-refractivity contribution in [3.63, 3.8) is 0 Å². The molecule has 0 fully saturated rings. The summed E-state index contributed by atoms with van der Waals surface area (Å²) in [6.45, 7) is 5.39. The predicted octanol–water partition coefficient (Wildman–Crippen LogP) is -2.05. The standard InChI is InChI=1S/C9H21N8/c1-3-15(4-2)17(13)9(11,12)5-8-14-6-7(10)16(8)17/h5-7H,3-4,10-13H2,1-2H3/q+1. The summed E-state index contributed by atoms with van der Waals surface area (Å²) in [5.41, 5.74) is 18.2. The number of fused-ring (bicyclic) bond motifs is 1. The summed E-state index contributed by atoms with van der Waals surface area (Å²) in [7, 11) is 0. The van der Waals surface area contributed by atoms with Crippen LogP contribution in [0.25, 0.3) is 0 Å². The molecule has 0 radical (unpaired) electrons. The molecule has 8 N–H and O–H groups in total. The highest BCUT2D eigenvalue weighted by Crippen LogP contribution is 2.35. The Hall–Kier alpha value is -1.03. The van der Waals surface area contributed by atoms with Crippen molar-refractivity contribution in [2.24, 2.45) is 28.0 Å². The lowest BCUT2D eigenvalue weighted by Crippen LogP contribution is -2.85. The van der Waals surface area contributed by atoms with Crippen LogP contribution in [0.3, 0.4) is 0 Å². The molecular weight excluding hydrogens is 220 g/mol. The maximum absolute atomic E-state index is 6.40. The van der Waals surface area contributed by atoms with Gasteiger partial charge < -0.3 is 5.73 Å². The number of aliphatic imine (C=N–C) groups is 1. The van der Waals surface area contributed by atoms with Gasteiger partial charge in [-0.1, -0.05) is 0 Å². The van der Waals surface area contributed by atoms with E-state index in [1.165, 1.54) is 0 Å². The number of nitrogens with two attached hydrogens (primary N) is 4. The molecule has 2 heterocycles. The molecule has 2 aliphatic rings. The summed E-state index contributed by atoms with van der Waals surface area (Å²) in [6, 6.07) is 0. The van der Waals surface area contributed by atoms with E-state index in [1.54, 1.807) is 17.3 Å². The largest absolute Gasteiger partial charge is 0.302 e. The molecule has 2 unspecified atom stereocenters. The van der Waals surface area contributed by atoms with Gasteiger partial charge in [0.1, 0.15) is 0 Å². The number of quaternary nitrogens is 1. The molecule has 0 saturated heterocycles. The minimum absolute atomic E-state index is 0.267. The fourth-order valence-electron chi connectivity index (χ4n) is 2.42. The summed E-state index contributed by atoms with van der Waals surface area (Å²) >= 11 is 0. The average Bonchev–Trinajstić information content (AvgIpc) is 2.68. The highest BCUT2D eigenvalue weighted by molar-refractivity contribution is 5.68. The van der Waals surface area contributed by atoms with Gasteiger partial charge in [-0.25, -0.2) is 4.99 Å². The van der Waals surface area contributed by atoms with Gasteiger partial charge >= 0.3 is 0 Å². The van der Waals surface area contributed by atoms with Crippen LogP contribution >= 0.6 is 0 Å². The Labute approximate surface area is 101 Å². The van der Waals surface area contributed by atoms with Crippen molar-refractivity contribution in [3.8, 4) is 0 Å². The molecule has 0 bridgehead atoms. The monoisotopic (exact) mass is 241 g/mol. The van der Waals surface area contributed by atoms with Gasteiger partial charge in [-0.15, -0.1) is 15.9 Å². The molecule has 2 aliphatic heterocycles. The lowest BCUT2D eigenvalue weighted by molar-refractivity contribution is -1.16. The van der Waals surface area contributed by atoms with Crippen LogP contribution in [0.1, 0.15) is 13.8 Å². The van der Waals surface area contributed by atoms with Crippen molar-refractivity contribution >= 4 is 6.21 Å². The van der Waals surface area contributed by atoms with E-state index in [-0.39, 0.29) is 4.81 Å². The Bertz CT molecular complexity index is 371. The van der Waals surface area contributed by atoms with Crippen LogP contribution in [0, 0.1) is 0 Å². The normalized spacial score (nSPS) is 34.4. The van der Waals surface area contributed by atoms with Crippen LogP contribution in [0.4, 0.5) is 0 Å². The fraction of sp³-hybridized carbons (Fsp3) is 0.667. The zero-order valence-corrected chi connectivity index (χ0v) is 10.2. The molecule has 0 aliphatic carbocycles. The molecule has 0 aromatic carbocycles. The quantitative estimate of drug-likeness (QED) is 0.256. The molecule has 8 heteroatoms. The third-order valence-corrected chi connectivity index (χ3v) is 3.30. The number of nitrogens with zero attached hydrogens (tertiary/aromatic N) is 4. The second kappa shape index (κ2) is 3.73. The lowest BCUT2D eigenvalue weighted by Gasteiger charge is -2.48. The smallest absolute Gasteiger partial charge is 0.289 e. The van der Waals surface area contributed by atoms with Gasteiger partial charge in [0.2, 0.25) is 0 Å². The van der Waals surface area contributed by atoms with Crippen LogP contribution in [0.5, 0.6) is 0 Å². The Morgan fingerprint density at radius 2 is 2.06 bits per heavy atom. The lowest BCUT2D eigenvalue weighted by atomic mass is 10.3. The van der Waals surface area contributed by atoms with Crippen LogP contribution in [0.15, 0.2) is 16.9 Å². The molecule has 2 rings (SSSR count). The van der Waals surface area contributed by atoms with Gasteiger partial charge in [0, 0.05) is 19.3 Å². The van der Waals surface area contributed by atoms with E-state index in [1.807, 2.05) is 18.9 Å². The van der Waals surface area contributed by atoms with Crippen molar-refractivity contribution in [1.82, 2.24) is 10.0 Å². The second-order valence-corrected chi connectivity index (χ2v) is 4.29. The second-order valence-electron chi connectivity index (χ2n) is 4.29. The first kappa shape index (κ1) is 12.4. The minimum atomic E-state index is -1.24. The van der Waals surface area contributed by atoms with Crippen molar-refractivity contribution in [2.75, 3.05) is 13.1 Å². The maximum Gasteiger partial charge on any atom is 0.289 e. The van der Waals surface area contributed by atoms with E-state index < -0.39 is 12.0 Å². The van der Waals surface area contributed by atoms with Gasteiger partial charge in [-0.05, 0) is 18.7 Å². The van der Waals surface area contributed by atoms with Crippen molar-refractivity contribution in [2.45, 2.75) is 25.8 Å². The van der Waals surface area contributed by atoms with E-state index in [0.717, 1.165) is 0 Å². The molecule has 0 amide bonds. The highest BCUT2D eigenvalue weighted by Gasteiger charge is 2.61. The Morgan fingerprint density at radius 1 is 1.47 bits per heavy atom. The van der Waals surface area contributed by atoms with Crippen LogP contribution in [0.2, 0.25) is 0 Å². The zero-order valence-electron chi connectivity index (χ0n) is 10.2. The topological polar surface area (TPSA) is 123 Å². The van der Waals surface area contributed by atoms with Crippen LogP contribution in [-0.2, 0) is 0 Å². The molecule has 17 heavy (non-hydrogen) atoms. The third-order valence-electron chi connectivity index (χ3n) is 3.30. The van der Waals surface area contributed by atoms with Gasteiger partial charge in [-0.3, -0.25) is 11.5 Å². The molecule has 8 nitrogen and oxygen atoms in total. The van der Waals surface area contributed by atoms with Crippen molar-refractivity contribution in [1.29, 1.82) is 0 Å². The third kappa shape index (κ3) is 1.43. The maximum atomic E-state index is 6.40. The first-order valence-electron chi connectivity index (χ1n) is 5.71. The van der Waals surface area contributed by atoms with E-state index in [0.29, 0.717) is 18.9 Å². The van der Waals surface area contributed by atoms with E-state index in [2.05, 4.69) is 4.99 Å². The first-order valence-corrected chi connectivity index (χ1v) is 5.71. The molecule has 0 aromatic rings. The summed E-state index contributed by atoms with van der Waals surface area (Å²) in [5.74, 6) is 5.79. The minimum Gasteiger partial charge on any atom is -0.302 e. The molecule has 0 saturated carbocycles. The number of rotatable bonds is 3. The first-order chi connectivity index (χ1) is 7.88. The van der Waals surface area contributed by atoms with E-state index >= 15 is 0 Å². The summed E-state index contributed by atoms with van der Waals surface area (Å²) in [6.07, 6.45) is 2.86. The van der Waals surface area contributed by atoms with Gasteiger partial charge in [0.05, 0.1) is 6.08 Å². The van der Waals surface area contributed by atoms with E-state index in [9.17, 15) is 0 Å². The average molecular weight is 241 g/mol. The Balaban J connectivity index is 2.46. The highest BCUT2D eigenvalue weighted by atomic mass is 16.1. The van der Waals surface area contributed by atoms with Crippen LogP contribution in [-0.4, -0.2) is 46.1 Å². The summed E-state index contributed by atoms with van der Waals surface area (Å²) < 4.78 is 0. The SMILES string of the molecule is CCN(CC)[N+]1(N)N2C(=CC1(N)N)N=CC2N. The summed E-state index contributed by atoms with van der Waals surface area (Å²) in [5, 5.41) is 3.64. The zero-order chi connectivity index (χ0) is 12.8. The number of hydrogen-bond donors (Lipinski definition) is 4. The van der Waals surface area contributed by atoms with Gasteiger partial charge in [0.25, 0.3) is 5.79 Å². The fourth-order valence-corrected chi connectivity index (χ4v) is 2.42. The number of hydrogen-bond acceptors (Lipinski definition) is 7. The molecule has 0 aromatic heterocycles. The predicted molar refractivity (Wildman–Crippen MR) is 64.9 cm³/mol. The molecular formula is C9H21N8+.